The molecule has 2 aromatic rings. The maximum atomic E-state index is 14.0. The minimum Gasteiger partial charge on any atom is -0.497 e. The summed E-state index contributed by atoms with van der Waals surface area (Å²) < 4.78 is 19.0. The van der Waals surface area contributed by atoms with Gasteiger partial charge in [0.15, 0.2) is 0 Å². The minimum absolute atomic E-state index is 0.376. The summed E-state index contributed by atoms with van der Waals surface area (Å²) in [5.74, 6) is 1.57. The number of benzene rings is 1. The third-order valence-corrected chi connectivity index (χ3v) is 3.16. The summed E-state index contributed by atoms with van der Waals surface area (Å²) in [6.45, 7) is 0. The molecule has 0 saturated heterocycles. The Labute approximate surface area is 110 Å². The average molecular weight is 259 g/mol. The van der Waals surface area contributed by atoms with E-state index < -0.39 is 0 Å². The van der Waals surface area contributed by atoms with Crippen LogP contribution >= 0.6 is 0 Å². The molecule has 0 unspecified atom stereocenters. The van der Waals surface area contributed by atoms with Gasteiger partial charge in [-0.3, -0.25) is 0 Å². The summed E-state index contributed by atoms with van der Waals surface area (Å²) in [4.78, 5) is 8.61. The molecule has 1 saturated carbocycles. The van der Waals surface area contributed by atoms with E-state index in [1.165, 1.54) is 13.2 Å². The summed E-state index contributed by atoms with van der Waals surface area (Å²) in [5, 5.41) is 0. The number of nitrogens with zero attached hydrogens (tertiary/aromatic N) is 2. The van der Waals surface area contributed by atoms with Gasteiger partial charge in [-0.05, 0) is 25.0 Å². The summed E-state index contributed by atoms with van der Waals surface area (Å²) in [6, 6.07) is 6.28. The molecule has 1 heterocycles. The van der Waals surface area contributed by atoms with Crippen molar-refractivity contribution in [3.8, 4) is 17.0 Å². The van der Waals surface area contributed by atoms with E-state index in [1.54, 1.807) is 18.2 Å². The van der Waals surface area contributed by atoms with Crippen molar-refractivity contribution in [3.05, 3.63) is 35.9 Å². The Bertz CT molecular complexity index is 626. The Hall–Kier alpha value is -2.17. The highest BCUT2D eigenvalue weighted by molar-refractivity contribution is 5.63. The Morgan fingerprint density at radius 1 is 1.26 bits per heavy atom. The lowest BCUT2D eigenvalue weighted by molar-refractivity contribution is 0.411. The Balaban J connectivity index is 2.05. The molecule has 0 atom stereocenters. The van der Waals surface area contributed by atoms with E-state index in [2.05, 4.69) is 9.97 Å². The number of rotatable bonds is 3. The number of hydrogen-bond acceptors (Lipinski definition) is 4. The van der Waals surface area contributed by atoms with Crippen LogP contribution in [0.5, 0.6) is 5.75 Å². The molecule has 1 aliphatic rings. The molecule has 0 amide bonds. The summed E-state index contributed by atoms with van der Waals surface area (Å²) >= 11 is 0. The maximum absolute atomic E-state index is 14.0. The Morgan fingerprint density at radius 3 is 2.68 bits per heavy atom. The first-order valence-electron chi connectivity index (χ1n) is 6.16. The second-order valence-corrected chi connectivity index (χ2v) is 4.66. The van der Waals surface area contributed by atoms with Crippen LogP contribution in [0.4, 0.5) is 10.2 Å². The van der Waals surface area contributed by atoms with Crippen molar-refractivity contribution < 1.29 is 9.13 Å². The van der Waals surface area contributed by atoms with Crippen LogP contribution in [0.15, 0.2) is 24.3 Å². The largest absolute Gasteiger partial charge is 0.497 e. The van der Waals surface area contributed by atoms with Crippen LogP contribution in [0, 0.1) is 5.82 Å². The van der Waals surface area contributed by atoms with Gasteiger partial charge in [0.25, 0.3) is 0 Å². The van der Waals surface area contributed by atoms with Crippen LogP contribution in [0.25, 0.3) is 11.3 Å². The van der Waals surface area contributed by atoms with Crippen LogP contribution < -0.4 is 10.5 Å². The van der Waals surface area contributed by atoms with Gasteiger partial charge in [0.05, 0.1) is 12.8 Å². The van der Waals surface area contributed by atoms with Crippen molar-refractivity contribution in [2.45, 2.75) is 18.8 Å². The number of anilines is 1. The summed E-state index contributed by atoms with van der Waals surface area (Å²) in [7, 11) is 1.50. The number of hydrogen-bond donors (Lipinski definition) is 1. The molecule has 98 valence electrons. The molecular formula is C14H14FN3O. The zero-order chi connectivity index (χ0) is 13.4. The Kier molecular flexibility index (Phi) is 2.81. The van der Waals surface area contributed by atoms with Gasteiger partial charge in [-0.15, -0.1) is 0 Å². The van der Waals surface area contributed by atoms with Crippen LogP contribution in [0.3, 0.4) is 0 Å². The molecule has 0 radical (unpaired) electrons. The number of ether oxygens (including phenoxy) is 1. The molecule has 2 N–H and O–H groups in total. The van der Waals surface area contributed by atoms with Gasteiger partial charge < -0.3 is 10.5 Å². The van der Waals surface area contributed by atoms with Gasteiger partial charge in [-0.1, -0.05) is 0 Å². The van der Waals surface area contributed by atoms with Crippen LogP contribution in [-0.2, 0) is 0 Å². The highest BCUT2D eigenvalue weighted by atomic mass is 19.1. The lowest BCUT2D eigenvalue weighted by atomic mass is 10.1. The monoisotopic (exact) mass is 259 g/mol. The lowest BCUT2D eigenvalue weighted by Gasteiger charge is -2.07. The normalized spacial score (nSPS) is 14.4. The third kappa shape index (κ3) is 2.36. The molecule has 1 aromatic carbocycles. The molecule has 19 heavy (non-hydrogen) atoms. The van der Waals surface area contributed by atoms with E-state index in [4.69, 9.17) is 10.5 Å². The predicted molar refractivity (Wildman–Crippen MR) is 70.4 cm³/mol. The van der Waals surface area contributed by atoms with Crippen molar-refractivity contribution in [2.75, 3.05) is 12.8 Å². The number of nitrogen functional groups attached to an aromatic ring is 1. The van der Waals surface area contributed by atoms with Gasteiger partial charge >= 0.3 is 0 Å². The van der Waals surface area contributed by atoms with Gasteiger partial charge in [-0.25, -0.2) is 14.4 Å². The highest BCUT2D eigenvalue weighted by Crippen LogP contribution is 2.39. The molecule has 0 aliphatic heterocycles. The van der Waals surface area contributed by atoms with Gasteiger partial charge in [0, 0.05) is 23.6 Å². The summed E-state index contributed by atoms with van der Waals surface area (Å²) in [6.07, 6.45) is 2.15. The molecule has 4 nitrogen and oxygen atoms in total. The smallest absolute Gasteiger partial charge is 0.136 e. The lowest BCUT2D eigenvalue weighted by Crippen LogP contribution is -2.01. The van der Waals surface area contributed by atoms with Crippen molar-refractivity contribution in [1.29, 1.82) is 0 Å². The zero-order valence-electron chi connectivity index (χ0n) is 10.6. The zero-order valence-corrected chi connectivity index (χ0v) is 10.6. The summed E-state index contributed by atoms with van der Waals surface area (Å²) in [5.41, 5.74) is 6.71. The fraction of sp³-hybridized carbons (Fsp3) is 0.286. The molecule has 1 fully saturated rings. The van der Waals surface area contributed by atoms with Gasteiger partial charge in [0.2, 0.25) is 0 Å². The predicted octanol–water partition coefficient (Wildman–Crippen LogP) is 2.75. The molecule has 5 heteroatoms. The first-order chi connectivity index (χ1) is 9.17. The fourth-order valence-corrected chi connectivity index (χ4v) is 1.98. The van der Waals surface area contributed by atoms with Crippen molar-refractivity contribution in [3.63, 3.8) is 0 Å². The number of halogens is 1. The Morgan fingerprint density at radius 2 is 2.05 bits per heavy atom. The molecule has 3 rings (SSSR count). The maximum Gasteiger partial charge on any atom is 0.136 e. The van der Waals surface area contributed by atoms with E-state index >= 15 is 0 Å². The number of nitrogens with two attached hydrogens (primary N) is 1. The third-order valence-electron chi connectivity index (χ3n) is 3.16. The molecule has 0 spiro atoms. The van der Waals surface area contributed by atoms with Crippen LogP contribution in [0.2, 0.25) is 0 Å². The first-order valence-corrected chi connectivity index (χ1v) is 6.16. The van der Waals surface area contributed by atoms with Gasteiger partial charge in [-0.2, -0.15) is 0 Å². The van der Waals surface area contributed by atoms with Crippen molar-refractivity contribution in [2.24, 2.45) is 0 Å². The highest BCUT2D eigenvalue weighted by Gasteiger charge is 2.27. The standard InChI is InChI=1S/C14H14FN3O/c1-19-9-4-5-10(11(15)6-9)12-7-13(16)18-14(17-12)8-2-3-8/h4-8H,2-3H2,1H3,(H2,16,17,18). The molecule has 0 bridgehead atoms. The topological polar surface area (TPSA) is 61.0 Å². The van der Waals surface area contributed by atoms with Crippen LogP contribution in [-0.4, -0.2) is 17.1 Å². The minimum atomic E-state index is -0.376. The fourth-order valence-electron chi connectivity index (χ4n) is 1.98. The average Bonchev–Trinajstić information content (AvgIpc) is 3.22. The molecule has 1 aliphatic carbocycles. The SMILES string of the molecule is COc1ccc(-c2cc(N)nc(C3CC3)n2)c(F)c1. The van der Waals surface area contributed by atoms with Gasteiger partial charge in [0.1, 0.15) is 23.2 Å². The first kappa shape index (κ1) is 11.9. The second kappa shape index (κ2) is 4.50. The van der Waals surface area contributed by atoms with E-state index in [1.807, 2.05) is 0 Å². The van der Waals surface area contributed by atoms with Crippen molar-refractivity contribution >= 4 is 5.82 Å². The van der Waals surface area contributed by atoms with Crippen molar-refractivity contribution in [1.82, 2.24) is 9.97 Å². The van der Waals surface area contributed by atoms with Crippen LogP contribution in [0.1, 0.15) is 24.6 Å². The molecule has 1 aromatic heterocycles. The molecular weight excluding hydrogens is 245 g/mol. The van der Waals surface area contributed by atoms with E-state index in [9.17, 15) is 4.39 Å². The van der Waals surface area contributed by atoms with E-state index in [0.29, 0.717) is 34.6 Å². The number of aromatic nitrogens is 2. The van der Waals surface area contributed by atoms with E-state index in [-0.39, 0.29) is 5.82 Å². The van der Waals surface area contributed by atoms with E-state index in [0.717, 1.165) is 12.8 Å². The quantitative estimate of drug-likeness (QED) is 0.920. The number of methoxy groups -OCH3 is 1. The second-order valence-electron chi connectivity index (χ2n) is 4.66.